The minimum atomic E-state index is 0.0365. The second kappa shape index (κ2) is 8.17. The highest BCUT2D eigenvalue weighted by atomic mass is 16.1. The smallest absolute Gasteiger partial charge is 0.314 e. The van der Waals surface area contributed by atoms with Crippen LogP contribution in [0.1, 0.15) is 37.3 Å². The summed E-state index contributed by atoms with van der Waals surface area (Å²) in [5.41, 5.74) is 3.44. The van der Waals surface area contributed by atoms with Crippen LogP contribution in [0.2, 0.25) is 0 Å². The van der Waals surface area contributed by atoms with E-state index in [1.54, 1.807) is 0 Å². The van der Waals surface area contributed by atoms with E-state index in [1.165, 1.54) is 18.4 Å². The van der Waals surface area contributed by atoms with Gasteiger partial charge in [0.25, 0.3) is 0 Å². The van der Waals surface area contributed by atoms with Gasteiger partial charge in [-0.15, -0.1) is 0 Å². The maximum atomic E-state index is 12.5. The number of likely N-dealkylation sites (tertiary alicyclic amines) is 1. The summed E-state index contributed by atoms with van der Waals surface area (Å²) in [5.74, 6) is 0. The van der Waals surface area contributed by atoms with Crippen LogP contribution in [0.4, 0.5) is 0 Å². The number of rotatable bonds is 4. The third kappa shape index (κ3) is 3.89. The number of benzene rings is 2. The summed E-state index contributed by atoms with van der Waals surface area (Å²) >= 11 is 0. The van der Waals surface area contributed by atoms with Crippen molar-refractivity contribution in [2.24, 2.45) is 0 Å². The van der Waals surface area contributed by atoms with Crippen molar-refractivity contribution in [2.45, 2.75) is 50.2 Å². The van der Waals surface area contributed by atoms with Crippen molar-refractivity contribution < 1.29 is 0 Å². The van der Waals surface area contributed by atoms with E-state index < -0.39 is 0 Å². The van der Waals surface area contributed by atoms with Gasteiger partial charge in [-0.05, 0) is 56.3 Å². The topological polar surface area (TPSA) is 53.1 Å². The monoisotopic (exact) mass is 390 g/mol. The Bertz CT molecular complexity index is 1000. The number of aromatic nitrogens is 2. The number of hydrogen-bond acceptors (Lipinski definition) is 3. The van der Waals surface area contributed by atoms with E-state index in [0.717, 1.165) is 49.9 Å². The molecule has 3 aromatic rings. The number of nitrogens with zero attached hydrogens (tertiary/aromatic N) is 2. The SMILES string of the molecule is O=c1[nH]c2ccccc2n1C1CCN([C@H]2CCN[C@H](Cc3ccccc3)C2)CC1. The molecular weight excluding hydrogens is 360 g/mol. The molecule has 2 aromatic carbocycles. The Hall–Kier alpha value is -2.37. The lowest BCUT2D eigenvalue weighted by Gasteiger charge is -2.42. The molecule has 5 heteroatoms. The highest BCUT2D eigenvalue weighted by molar-refractivity contribution is 5.75. The van der Waals surface area contributed by atoms with Crippen LogP contribution >= 0.6 is 0 Å². The van der Waals surface area contributed by atoms with Gasteiger partial charge in [0.1, 0.15) is 0 Å². The number of aromatic amines is 1. The molecular formula is C24H30N4O. The zero-order chi connectivity index (χ0) is 19.6. The third-order valence-electron chi connectivity index (χ3n) is 6.80. The Kier molecular flexibility index (Phi) is 5.25. The Balaban J connectivity index is 1.22. The number of nitrogens with one attached hydrogen (secondary N) is 2. The molecule has 1 aromatic heterocycles. The van der Waals surface area contributed by atoms with E-state index in [9.17, 15) is 4.79 Å². The second-order valence-corrected chi connectivity index (χ2v) is 8.60. The van der Waals surface area contributed by atoms with Gasteiger partial charge >= 0.3 is 5.69 Å². The zero-order valence-electron chi connectivity index (χ0n) is 16.9. The summed E-state index contributed by atoms with van der Waals surface area (Å²) < 4.78 is 1.99. The van der Waals surface area contributed by atoms with Gasteiger partial charge in [0.2, 0.25) is 0 Å². The van der Waals surface area contributed by atoms with Crippen molar-refractivity contribution >= 4 is 11.0 Å². The Morgan fingerprint density at radius 1 is 0.897 bits per heavy atom. The van der Waals surface area contributed by atoms with E-state index in [0.29, 0.717) is 18.1 Å². The van der Waals surface area contributed by atoms with Gasteiger partial charge in [0.05, 0.1) is 11.0 Å². The summed E-state index contributed by atoms with van der Waals surface area (Å²) in [6, 6.07) is 20.4. The number of piperidine rings is 2. The summed E-state index contributed by atoms with van der Waals surface area (Å²) in [6.07, 6.45) is 5.65. The van der Waals surface area contributed by atoms with Gasteiger partial charge in [-0.1, -0.05) is 42.5 Å². The Morgan fingerprint density at radius 2 is 1.66 bits per heavy atom. The molecule has 0 bridgehead atoms. The van der Waals surface area contributed by atoms with Crippen molar-refractivity contribution in [3.8, 4) is 0 Å². The average Bonchev–Trinajstić information content (AvgIpc) is 3.10. The minimum Gasteiger partial charge on any atom is -0.314 e. The summed E-state index contributed by atoms with van der Waals surface area (Å²) in [7, 11) is 0. The van der Waals surface area contributed by atoms with Gasteiger partial charge in [0, 0.05) is 31.2 Å². The molecule has 0 radical (unpaired) electrons. The van der Waals surface area contributed by atoms with E-state index >= 15 is 0 Å². The molecule has 0 saturated carbocycles. The van der Waals surface area contributed by atoms with Crippen molar-refractivity contribution in [1.29, 1.82) is 0 Å². The standard InChI is InChI=1S/C24H30N4O/c29-24-26-22-8-4-5-9-23(22)28(24)20-11-14-27(15-12-20)21-10-13-25-19(17-21)16-18-6-2-1-3-7-18/h1-9,19-21,25H,10-17H2,(H,26,29)/t19-,21+/m1/s1. The Labute approximate surface area is 171 Å². The summed E-state index contributed by atoms with van der Waals surface area (Å²) in [4.78, 5) is 18.2. The van der Waals surface area contributed by atoms with Crippen LogP contribution in [-0.2, 0) is 6.42 Å². The van der Waals surface area contributed by atoms with E-state index in [4.69, 9.17) is 0 Å². The summed E-state index contributed by atoms with van der Waals surface area (Å²) in [5, 5.41) is 3.72. The maximum absolute atomic E-state index is 12.5. The first-order valence-corrected chi connectivity index (χ1v) is 11.0. The first-order chi connectivity index (χ1) is 14.3. The quantitative estimate of drug-likeness (QED) is 0.718. The molecule has 5 nitrogen and oxygen atoms in total. The zero-order valence-corrected chi connectivity index (χ0v) is 16.9. The Morgan fingerprint density at radius 3 is 2.48 bits per heavy atom. The molecule has 3 heterocycles. The molecule has 29 heavy (non-hydrogen) atoms. The van der Waals surface area contributed by atoms with Crippen molar-refractivity contribution in [3.63, 3.8) is 0 Å². The molecule has 2 atom stereocenters. The average molecular weight is 391 g/mol. The summed E-state index contributed by atoms with van der Waals surface area (Å²) in [6.45, 7) is 3.27. The first-order valence-electron chi connectivity index (χ1n) is 11.0. The van der Waals surface area contributed by atoms with Crippen LogP contribution in [0.5, 0.6) is 0 Å². The lowest BCUT2D eigenvalue weighted by atomic mass is 9.91. The van der Waals surface area contributed by atoms with Crippen LogP contribution in [-0.4, -0.2) is 46.2 Å². The maximum Gasteiger partial charge on any atom is 0.326 e. The number of fused-ring (bicyclic) bond motifs is 1. The molecule has 0 unspecified atom stereocenters. The van der Waals surface area contributed by atoms with Crippen LogP contribution in [0.25, 0.3) is 11.0 Å². The van der Waals surface area contributed by atoms with Gasteiger partial charge in [-0.25, -0.2) is 4.79 Å². The molecule has 2 fully saturated rings. The van der Waals surface area contributed by atoms with Gasteiger partial charge in [-0.2, -0.15) is 0 Å². The van der Waals surface area contributed by atoms with Crippen LogP contribution in [0, 0.1) is 0 Å². The molecule has 2 aliphatic heterocycles. The molecule has 2 aliphatic rings. The number of imidazole rings is 1. The van der Waals surface area contributed by atoms with Crippen LogP contribution in [0.15, 0.2) is 59.4 Å². The fourth-order valence-corrected chi connectivity index (χ4v) is 5.32. The van der Waals surface area contributed by atoms with E-state index in [1.807, 2.05) is 22.8 Å². The molecule has 2 saturated heterocycles. The van der Waals surface area contributed by atoms with Gasteiger partial charge in [0.15, 0.2) is 0 Å². The van der Waals surface area contributed by atoms with Crippen LogP contribution in [0.3, 0.4) is 0 Å². The lowest BCUT2D eigenvalue weighted by Crippen LogP contribution is -2.51. The molecule has 5 rings (SSSR count). The molecule has 0 spiro atoms. The molecule has 2 N–H and O–H groups in total. The van der Waals surface area contributed by atoms with Crippen molar-refractivity contribution in [1.82, 2.24) is 19.8 Å². The number of H-pyrrole nitrogens is 1. The highest BCUT2D eigenvalue weighted by Gasteiger charge is 2.30. The molecule has 152 valence electrons. The lowest BCUT2D eigenvalue weighted by molar-refractivity contribution is 0.101. The predicted octanol–water partition coefficient (Wildman–Crippen LogP) is 3.33. The third-order valence-corrected chi connectivity index (χ3v) is 6.80. The molecule has 0 aliphatic carbocycles. The van der Waals surface area contributed by atoms with Crippen molar-refractivity contribution in [3.05, 3.63) is 70.6 Å². The normalized spacial score (nSPS) is 24.1. The first kappa shape index (κ1) is 18.6. The van der Waals surface area contributed by atoms with E-state index in [-0.39, 0.29) is 5.69 Å². The van der Waals surface area contributed by atoms with Gasteiger partial charge < -0.3 is 15.2 Å². The number of hydrogen-bond donors (Lipinski definition) is 2. The fourth-order valence-electron chi connectivity index (χ4n) is 5.32. The molecule has 0 amide bonds. The highest BCUT2D eigenvalue weighted by Crippen LogP contribution is 2.28. The largest absolute Gasteiger partial charge is 0.326 e. The fraction of sp³-hybridized carbons (Fsp3) is 0.458. The predicted molar refractivity (Wildman–Crippen MR) is 117 cm³/mol. The van der Waals surface area contributed by atoms with Crippen molar-refractivity contribution in [2.75, 3.05) is 19.6 Å². The minimum absolute atomic E-state index is 0.0365. The van der Waals surface area contributed by atoms with Crippen LogP contribution < -0.4 is 11.0 Å². The second-order valence-electron chi connectivity index (χ2n) is 8.60. The van der Waals surface area contributed by atoms with E-state index in [2.05, 4.69) is 51.6 Å². The van der Waals surface area contributed by atoms with Gasteiger partial charge in [-0.3, -0.25) is 4.57 Å². The number of para-hydroxylation sites is 2.